The standard InChI is InChI=1S/C15H19NO5/c1-20-14(18)12-7-11(17)8-13(12)16-15(19)21-9-10-5-3-2-4-6-10/h2-6,11-13,17H,7-9H2,1H3,(H,16,19). The van der Waals surface area contributed by atoms with Crippen molar-refractivity contribution >= 4 is 12.1 Å². The third kappa shape index (κ3) is 4.19. The van der Waals surface area contributed by atoms with Gasteiger partial charge in [-0.05, 0) is 18.4 Å². The van der Waals surface area contributed by atoms with Gasteiger partial charge in [0.15, 0.2) is 0 Å². The van der Waals surface area contributed by atoms with Crippen molar-refractivity contribution in [1.29, 1.82) is 0 Å². The lowest BCUT2D eigenvalue weighted by Crippen LogP contribution is -2.40. The minimum Gasteiger partial charge on any atom is -0.469 e. The Kier molecular flexibility index (Phi) is 5.16. The Morgan fingerprint density at radius 2 is 2.00 bits per heavy atom. The topological polar surface area (TPSA) is 84.9 Å². The molecular formula is C15H19NO5. The Morgan fingerprint density at radius 1 is 1.29 bits per heavy atom. The lowest BCUT2D eigenvalue weighted by Gasteiger charge is -2.18. The fourth-order valence-corrected chi connectivity index (χ4v) is 2.50. The maximum absolute atomic E-state index is 11.8. The second-order valence-corrected chi connectivity index (χ2v) is 5.07. The van der Waals surface area contributed by atoms with Crippen LogP contribution in [-0.2, 0) is 20.9 Å². The molecule has 0 radical (unpaired) electrons. The van der Waals surface area contributed by atoms with Gasteiger partial charge in [-0.3, -0.25) is 4.79 Å². The molecule has 0 aliphatic heterocycles. The number of rotatable bonds is 4. The van der Waals surface area contributed by atoms with Crippen LogP contribution in [0.25, 0.3) is 0 Å². The van der Waals surface area contributed by atoms with Crippen LogP contribution >= 0.6 is 0 Å². The number of hydrogen-bond donors (Lipinski definition) is 2. The molecule has 0 saturated heterocycles. The first-order valence-electron chi connectivity index (χ1n) is 6.83. The Balaban J connectivity index is 1.85. The zero-order chi connectivity index (χ0) is 15.2. The van der Waals surface area contributed by atoms with Gasteiger partial charge in [0.05, 0.1) is 19.1 Å². The number of benzene rings is 1. The number of carbonyl (C=O) groups is 2. The molecule has 1 aromatic rings. The largest absolute Gasteiger partial charge is 0.469 e. The maximum Gasteiger partial charge on any atom is 0.407 e. The first-order valence-corrected chi connectivity index (χ1v) is 6.83. The van der Waals surface area contributed by atoms with E-state index in [0.717, 1.165) is 5.56 Å². The predicted octanol–water partition coefficient (Wildman–Crippen LogP) is 1.23. The van der Waals surface area contributed by atoms with Gasteiger partial charge in [-0.15, -0.1) is 0 Å². The number of hydrogen-bond acceptors (Lipinski definition) is 5. The molecule has 1 aliphatic carbocycles. The van der Waals surface area contributed by atoms with Crippen LogP contribution in [0.15, 0.2) is 30.3 Å². The van der Waals surface area contributed by atoms with E-state index < -0.39 is 30.1 Å². The van der Waals surface area contributed by atoms with Gasteiger partial charge in [0.2, 0.25) is 0 Å². The summed E-state index contributed by atoms with van der Waals surface area (Å²) in [5, 5.41) is 12.3. The zero-order valence-electron chi connectivity index (χ0n) is 11.8. The fraction of sp³-hybridized carbons (Fsp3) is 0.467. The lowest BCUT2D eigenvalue weighted by atomic mass is 10.0. The summed E-state index contributed by atoms with van der Waals surface area (Å²) in [6.45, 7) is 0.158. The van der Waals surface area contributed by atoms with E-state index in [1.54, 1.807) is 0 Å². The fourth-order valence-electron chi connectivity index (χ4n) is 2.50. The molecule has 1 aromatic carbocycles. The summed E-state index contributed by atoms with van der Waals surface area (Å²) < 4.78 is 9.78. The molecule has 0 heterocycles. The number of amides is 1. The highest BCUT2D eigenvalue weighted by atomic mass is 16.5. The van der Waals surface area contributed by atoms with Crippen molar-refractivity contribution in [1.82, 2.24) is 5.32 Å². The Hall–Kier alpha value is -2.08. The molecule has 3 unspecified atom stereocenters. The highest BCUT2D eigenvalue weighted by molar-refractivity contribution is 5.75. The molecule has 21 heavy (non-hydrogen) atoms. The number of esters is 1. The van der Waals surface area contributed by atoms with Crippen LogP contribution in [-0.4, -0.2) is 36.4 Å². The molecule has 0 spiro atoms. The highest BCUT2D eigenvalue weighted by Gasteiger charge is 2.39. The first kappa shape index (κ1) is 15.3. The van der Waals surface area contributed by atoms with Gasteiger partial charge in [0.1, 0.15) is 6.61 Å². The van der Waals surface area contributed by atoms with Crippen LogP contribution in [0, 0.1) is 5.92 Å². The maximum atomic E-state index is 11.8. The molecule has 0 aromatic heterocycles. The van der Waals surface area contributed by atoms with E-state index >= 15 is 0 Å². The SMILES string of the molecule is COC(=O)C1CC(O)CC1NC(=O)OCc1ccccc1. The Morgan fingerprint density at radius 3 is 2.67 bits per heavy atom. The van der Waals surface area contributed by atoms with Gasteiger partial charge >= 0.3 is 12.1 Å². The smallest absolute Gasteiger partial charge is 0.407 e. The molecule has 3 atom stereocenters. The lowest BCUT2D eigenvalue weighted by molar-refractivity contribution is -0.146. The van der Waals surface area contributed by atoms with E-state index in [4.69, 9.17) is 4.74 Å². The molecule has 114 valence electrons. The van der Waals surface area contributed by atoms with Gasteiger partial charge in [-0.1, -0.05) is 30.3 Å². The van der Waals surface area contributed by atoms with Crippen molar-refractivity contribution in [2.24, 2.45) is 5.92 Å². The second-order valence-electron chi connectivity index (χ2n) is 5.07. The van der Waals surface area contributed by atoms with E-state index in [9.17, 15) is 14.7 Å². The average molecular weight is 293 g/mol. The van der Waals surface area contributed by atoms with E-state index in [2.05, 4.69) is 10.1 Å². The van der Waals surface area contributed by atoms with Gasteiger partial charge < -0.3 is 19.9 Å². The number of ether oxygens (including phenoxy) is 2. The van der Waals surface area contributed by atoms with Gasteiger partial charge in [-0.25, -0.2) is 4.79 Å². The number of aliphatic hydroxyl groups excluding tert-OH is 1. The van der Waals surface area contributed by atoms with E-state index in [1.807, 2.05) is 30.3 Å². The zero-order valence-corrected chi connectivity index (χ0v) is 11.8. The third-order valence-corrected chi connectivity index (χ3v) is 3.56. The molecule has 1 fully saturated rings. The normalized spacial score (nSPS) is 24.4. The van der Waals surface area contributed by atoms with Crippen LogP contribution in [0.1, 0.15) is 18.4 Å². The van der Waals surface area contributed by atoms with Crippen molar-refractivity contribution in [2.45, 2.75) is 31.6 Å². The minimum absolute atomic E-state index is 0.158. The van der Waals surface area contributed by atoms with Crippen molar-refractivity contribution in [2.75, 3.05) is 7.11 Å². The van der Waals surface area contributed by atoms with Crippen molar-refractivity contribution in [3.8, 4) is 0 Å². The predicted molar refractivity (Wildman–Crippen MR) is 74.3 cm³/mol. The molecule has 2 rings (SSSR count). The molecule has 6 nitrogen and oxygen atoms in total. The Bertz CT molecular complexity index is 490. The highest BCUT2D eigenvalue weighted by Crippen LogP contribution is 2.27. The number of aliphatic hydroxyl groups is 1. The third-order valence-electron chi connectivity index (χ3n) is 3.56. The summed E-state index contributed by atoms with van der Waals surface area (Å²) >= 11 is 0. The molecule has 1 aliphatic rings. The number of nitrogens with one attached hydrogen (secondary N) is 1. The van der Waals surface area contributed by atoms with E-state index in [0.29, 0.717) is 6.42 Å². The van der Waals surface area contributed by atoms with E-state index in [1.165, 1.54) is 7.11 Å². The van der Waals surface area contributed by atoms with Crippen LogP contribution in [0.5, 0.6) is 0 Å². The second kappa shape index (κ2) is 7.08. The molecular weight excluding hydrogens is 274 g/mol. The summed E-state index contributed by atoms with van der Waals surface area (Å²) in [4.78, 5) is 23.4. The van der Waals surface area contributed by atoms with Gasteiger partial charge in [0.25, 0.3) is 0 Å². The summed E-state index contributed by atoms with van der Waals surface area (Å²) in [5.41, 5.74) is 0.878. The molecule has 0 bridgehead atoms. The number of alkyl carbamates (subject to hydrolysis) is 1. The van der Waals surface area contributed by atoms with Crippen molar-refractivity contribution < 1.29 is 24.2 Å². The summed E-state index contributed by atoms with van der Waals surface area (Å²) in [6, 6.07) is 8.84. The molecule has 6 heteroatoms. The molecule has 1 amide bonds. The summed E-state index contributed by atoms with van der Waals surface area (Å²) in [7, 11) is 1.29. The number of methoxy groups -OCH3 is 1. The van der Waals surface area contributed by atoms with Crippen LogP contribution in [0.3, 0.4) is 0 Å². The monoisotopic (exact) mass is 293 g/mol. The van der Waals surface area contributed by atoms with Crippen molar-refractivity contribution in [3.63, 3.8) is 0 Å². The van der Waals surface area contributed by atoms with Crippen LogP contribution < -0.4 is 5.32 Å². The first-order chi connectivity index (χ1) is 10.1. The Labute approximate surface area is 123 Å². The average Bonchev–Trinajstić information content (AvgIpc) is 2.86. The van der Waals surface area contributed by atoms with Gasteiger partial charge in [-0.2, -0.15) is 0 Å². The van der Waals surface area contributed by atoms with Crippen LogP contribution in [0.2, 0.25) is 0 Å². The van der Waals surface area contributed by atoms with Crippen LogP contribution in [0.4, 0.5) is 4.79 Å². The quantitative estimate of drug-likeness (QED) is 0.815. The molecule has 2 N–H and O–H groups in total. The van der Waals surface area contributed by atoms with Crippen molar-refractivity contribution in [3.05, 3.63) is 35.9 Å². The summed E-state index contributed by atoms with van der Waals surface area (Å²) in [5.74, 6) is -0.964. The minimum atomic E-state index is -0.617. The van der Waals surface area contributed by atoms with E-state index in [-0.39, 0.29) is 13.0 Å². The number of carbonyl (C=O) groups excluding carboxylic acids is 2. The summed E-state index contributed by atoms with van der Waals surface area (Å²) in [6.07, 6.45) is -0.614. The molecule has 1 saturated carbocycles. The van der Waals surface area contributed by atoms with Gasteiger partial charge in [0, 0.05) is 6.04 Å².